The highest BCUT2D eigenvalue weighted by Crippen LogP contribution is 2.14. The predicted octanol–water partition coefficient (Wildman–Crippen LogP) is 3.51. The molecule has 1 unspecified atom stereocenters. The highest BCUT2D eigenvalue weighted by atomic mass is 16.5. The lowest BCUT2D eigenvalue weighted by molar-refractivity contribution is 0.0342. The number of anilines is 1. The van der Waals surface area contributed by atoms with Gasteiger partial charge in [0.2, 0.25) is 0 Å². The maximum Gasteiger partial charge on any atom is 0.0594 e. The third-order valence-corrected chi connectivity index (χ3v) is 3.87. The highest BCUT2D eigenvalue weighted by molar-refractivity contribution is 5.45. The molecule has 2 rings (SSSR count). The van der Waals surface area contributed by atoms with Gasteiger partial charge in [-0.05, 0) is 31.0 Å². The summed E-state index contributed by atoms with van der Waals surface area (Å²) in [7, 11) is 0. The first-order valence-electron chi connectivity index (χ1n) is 7.93. The lowest BCUT2D eigenvalue weighted by Gasteiger charge is -2.26. The number of nitrogens with zero attached hydrogens (tertiary/aromatic N) is 1. The molecule has 1 heterocycles. The molecule has 3 nitrogen and oxygen atoms in total. The van der Waals surface area contributed by atoms with E-state index < -0.39 is 0 Å². The summed E-state index contributed by atoms with van der Waals surface area (Å²) in [5.41, 5.74) is 2.62. The standard InChI is InChI=1S/C17H28N2O/c1-3-4-5-15(2)18-17-8-6-16(7-9-17)14-19-10-12-20-13-11-19/h6-9,15,18H,3-5,10-14H2,1-2H3. The van der Waals surface area contributed by atoms with E-state index in [1.165, 1.54) is 30.5 Å². The molecule has 112 valence electrons. The molecule has 0 radical (unpaired) electrons. The van der Waals surface area contributed by atoms with E-state index in [9.17, 15) is 0 Å². The Kier molecular flexibility index (Phi) is 6.34. The van der Waals surface area contributed by atoms with Gasteiger partial charge in [-0.2, -0.15) is 0 Å². The molecule has 0 saturated carbocycles. The molecule has 1 aliphatic heterocycles. The normalized spacial score (nSPS) is 17.9. The van der Waals surface area contributed by atoms with E-state index in [1.54, 1.807) is 0 Å². The second-order valence-electron chi connectivity index (χ2n) is 5.77. The second kappa shape index (κ2) is 8.28. The molecule has 1 fully saturated rings. The van der Waals surface area contributed by atoms with Crippen LogP contribution in [0, 0.1) is 0 Å². The zero-order valence-electron chi connectivity index (χ0n) is 12.9. The molecule has 20 heavy (non-hydrogen) atoms. The van der Waals surface area contributed by atoms with E-state index in [2.05, 4.69) is 48.3 Å². The van der Waals surface area contributed by atoms with Crippen molar-refractivity contribution < 1.29 is 4.74 Å². The predicted molar refractivity (Wildman–Crippen MR) is 85.1 cm³/mol. The van der Waals surface area contributed by atoms with Crippen LogP contribution in [0.5, 0.6) is 0 Å². The lowest BCUT2D eigenvalue weighted by atomic mass is 10.1. The number of hydrogen-bond acceptors (Lipinski definition) is 3. The Bertz CT molecular complexity index is 371. The molecule has 3 heteroatoms. The molecule has 1 saturated heterocycles. The number of rotatable bonds is 7. The number of hydrogen-bond donors (Lipinski definition) is 1. The average molecular weight is 276 g/mol. The minimum absolute atomic E-state index is 0.556. The Balaban J connectivity index is 1.79. The van der Waals surface area contributed by atoms with Crippen LogP contribution in [0.3, 0.4) is 0 Å². The minimum Gasteiger partial charge on any atom is -0.383 e. The third kappa shape index (κ3) is 5.14. The summed E-state index contributed by atoms with van der Waals surface area (Å²) in [5.74, 6) is 0. The van der Waals surface area contributed by atoms with E-state index in [0.29, 0.717) is 6.04 Å². The minimum atomic E-state index is 0.556. The largest absolute Gasteiger partial charge is 0.383 e. The lowest BCUT2D eigenvalue weighted by Crippen LogP contribution is -2.35. The van der Waals surface area contributed by atoms with Crippen LogP contribution in [0.2, 0.25) is 0 Å². The van der Waals surface area contributed by atoms with E-state index in [0.717, 1.165) is 32.8 Å². The first-order valence-corrected chi connectivity index (χ1v) is 7.93. The van der Waals surface area contributed by atoms with Crippen LogP contribution in [0.1, 0.15) is 38.7 Å². The Morgan fingerprint density at radius 3 is 2.55 bits per heavy atom. The molecule has 1 aliphatic rings. The fourth-order valence-corrected chi connectivity index (χ4v) is 2.59. The molecule has 0 bridgehead atoms. The van der Waals surface area contributed by atoms with Gasteiger partial charge >= 0.3 is 0 Å². The van der Waals surface area contributed by atoms with E-state index in [-0.39, 0.29) is 0 Å². The maximum atomic E-state index is 5.38. The molecule has 1 atom stereocenters. The zero-order chi connectivity index (χ0) is 14.2. The van der Waals surface area contributed by atoms with Gasteiger partial charge in [-0.15, -0.1) is 0 Å². The van der Waals surface area contributed by atoms with Gasteiger partial charge in [0.1, 0.15) is 0 Å². The Hall–Kier alpha value is -1.06. The van der Waals surface area contributed by atoms with Crippen molar-refractivity contribution in [3.63, 3.8) is 0 Å². The van der Waals surface area contributed by atoms with Crippen molar-refractivity contribution in [1.82, 2.24) is 4.90 Å². The maximum absolute atomic E-state index is 5.38. The number of nitrogens with one attached hydrogen (secondary N) is 1. The average Bonchev–Trinajstić information content (AvgIpc) is 2.48. The topological polar surface area (TPSA) is 24.5 Å². The Morgan fingerprint density at radius 1 is 1.20 bits per heavy atom. The molecule has 1 N–H and O–H groups in total. The number of benzene rings is 1. The summed E-state index contributed by atoms with van der Waals surface area (Å²) in [6, 6.07) is 9.45. The Morgan fingerprint density at radius 2 is 1.90 bits per heavy atom. The van der Waals surface area contributed by atoms with Crippen molar-refractivity contribution in [1.29, 1.82) is 0 Å². The summed E-state index contributed by atoms with van der Waals surface area (Å²) in [5, 5.41) is 3.57. The van der Waals surface area contributed by atoms with Gasteiger partial charge in [-0.3, -0.25) is 4.90 Å². The summed E-state index contributed by atoms with van der Waals surface area (Å²) in [6.07, 6.45) is 3.81. The Labute approximate surface area is 123 Å². The fraction of sp³-hybridized carbons (Fsp3) is 0.647. The molecule has 0 aromatic heterocycles. The summed E-state index contributed by atoms with van der Waals surface area (Å²) >= 11 is 0. The zero-order valence-corrected chi connectivity index (χ0v) is 12.9. The van der Waals surface area contributed by atoms with E-state index >= 15 is 0 Å². The van der Waals surface area contributed by atoms with Crippen molar-refractivity contribution in [3.8, 4) is 0 Å². The molecule has 1 aromatic rings. The second-order valence-corrected chi connectivity index (χ2v) is 5.77. The van der Waals surface area contributed by atoms with Gasteiger partial charge in [-0.25, -0.2) is 0 Å². The highest BCUT2D eigenvalue weighted by Gasteiger charge is 2.10. The SMILES string of the molecule is CCCCC(C)Nc1ccc(CN2CCOCC2)cc1. The van der Waals surface area contributed by atoms with Crippen LogP contribution in [0.25, 0.3) is 0 Å². The van der Waals surface area contributed by atoms with Gasteiger partial charge in [0, 0.05) is 31.4 Å². The van der Waals surface area contributed by atoms with Crippen LogP contribution < -0.4 is 5.32 Å². The van der Waals surface area contributed by atoms with Crippen molar-refractivity contribution >= 4 is 5.69 Å². The molecule has 1 aromatic carbocycles. The van der Waals surface area contributed by atoms with Crippen LogP contribution in [0.15, 0.2) is 24.3 Å². The van der Waals surface area contributed by atoms with E-state index in [1.807, 2.05) is 0 Å². The summed E-state index contributed by atoms with van der Waals surface area (Å²) in [6.45, 7) is 9.38. The van der Waals surface area contributed by atoms with Gasteiger partial charge < -0.3 is 10.1 Å². The van der Waals surface area contributed by atoms with Crippen LogP contribution in [-0.2, 0) is 11.3 Å². The molecular formula is C17H28N2O. The molecule has 0 aliphatic carbocycles. The van der Waals surface area contributed by atoms with Crippen LogP contribution >= 0.6 is 0 Å². The summed E-state index contributed by atoms with van der Waals surface area (Å²) < 4.78 is 5.38. The quantitative estimate of drug-likeness (QED) is 0.825. The van der Waals surface area contributed by atoms with Gasteiger partial charge in [0.25, 0.3) is 0 Å². The van der Waals surface area contributed by atoms with Crippen molar-refractivity contribution in [2.45, 2.75) is 45.7 Å². The molecular weight excluding hydrogens is 248 g/mol. The number of unbranched alkanes of at least 4 members (excludes halogenated alkanes) is 1. The smallest absolute Gasteiger partial charge is 0.0594 e. The fourth-order valence-electron chi connectivity index (χ4n) is 2.59. The number of ether oxygens (including phenoxy) is 1. The van der Waals surface area contributed by atoms with Gasteiger partial charge in [0.05, 0.1) is 13.2 Å². The van der Waals surface area contributed by atoms with Crippen molar-refractivity contribution in [2.24, 2.45) is 0 Å². The first-order chi connectivity index (χ1) is 9.78. The van der Waals surface area contributed by atoms with Gasteiger partial charge in [-0.1, -0.05) is 31.9 Å². The van der Waals surface area contributed by atoms with Crippen molar-refractivity contribution in [2.75, 3.05) is 31.6 Å². The molecule has 0 spiro atoms. The number of morpholine rings is 1. The first kappa shape index (κ1) is 15.3. The monoisotopic (exact) mass is 276 g/mol. The van der Waals surface area contributed by atoms with Crippen LogP contribution in [-0.4, -0.2) is 37.2 Å². The molecule has 0 amide bonds. The van der Waals surface area contributed by atoms with Crippen LogP contribution in [0.4, 0.5) is 5.69 Å². The van der Waals surface area contributed by atoms with E-state index in [4.69, 9.17) is 4.74 Å². The summed E-state index contributed by atoms with van der Waals surface area (Å²) in [4.78, 5) is 2.45. The van der Waals surface area contributed by atoms with Gasteiger partial charge in [0.15, 0.2) is 0 Å². The van der Waals surface area contributed by atoms with Crippen molar-refractivity contribution in [3.05, 3.63) is 29.8 Å². The third-order valence-electron chi connectivity index (χ3n) is 3.87.